The molecule has 14 nitrogen and oxygen atoms in total. The van der Waals surface area contributed by atoms with Crippen molar-refractivity contribution in [3.05, 3.63) is 12.2 Å². The van der Waals surface area contributed by atoms with E-state index in [0.717, 1.165) is 122 Å². The molecule has 660 valence electrons. The maximum absolute atomic E-state index is 10.3. The van der Waals surface area contributed by atoms with Crippen LogP contribution in [-0.2, 0) is 28.8 Å². The fourth-order valence-electron chi connectivity index (χ4n) is 13.5. The first kappa shape index (κ1) is 142. The van der Waals surface area contributed by atoms with Crippen LogP contribution in [0.5, 0.6) is 0 Å². The van der Waals surface area contributed by atoms with Crippen LogP contribution >= 0.6 is 0 Å². The van der Waals surface area contributed by atoms with Crippen molar-refractivity contribution in [2.45, 2.75) is 568 Å². The summed E-state index contributed by atoms with van der Waals surface area (Å²) in [5.74, 6) is -4.97. The molecule has 0 aromatic heterocycles. The Hall–Kier alpha value is 1.48. The number of rotatable bonds is 83. The summed E-state index contributed by atoms with van der Waals surface area (Å²) < 4.78 is 0. The van der Waals surface area contributed by atoms with Crippen molar-refractivity contribution in [2.75, 3.05) is 0 Å². The van der Waals surface area contributed by atoms with Crippen molar-refractivity contribution in [1.82, 2.24) is 0 Å². The minimum absolute atomic E-state index is 0. The maximum atomic E-state index is 10.3. The van der Waals surface area contributed by atoms with Gasteiger partial charge in [0.15, 0.2) is 0 Å². The van der Waals surface area contributed by atoms with Crippen LogP contribution in [0.2, 0.25) is 0 Å². The van der Waals surface area contributed by atoms with Crippen molar-refractivity contribution >= 4 is 35.8 Å². The largest absolute Gasteiger partial charge is 1.00 e. The van der Waals surface area contributed by atoms with Gasteiger partial charge in [-0.15, -0.1) is 0 Å². The molecular formula is C96H187Na5O14. The van der Waals surface area contributed by atoms with Gasteiger partial charge in [-0.05, 0) is 89.9 Å². The number of unbranched alkanes of at least 4 members (excludes halogenated alkanes) is 66. The van der Waals surface area contributed by atoms with E-state index in [4.69, 9.17) is 10.2 Å². The number of carbonyl (C=O) groups is 6. The van der Waals surface area contributed by atoms with Crippen LogP contribution in [0.15, 0.2) is 12.2 Å². The van der Waals surface area contributed by atoms with E-state index in [1.807, 2.05) is 0 Å². The predicted molar refractivity (Wildman–Crippen MR) is 460 cm³/mol. The molecule has 0 aliphatic carbocycles. The third kappa shape index (κ3) is 170. The number of hydrogen-bond donors (Lipinski definition) is 3. The van der Waals surface area contributed by atoms with E-state index in [-0.39, 0.29) is 185 Å². The quantitative estimate of drug-likeness (QED) is 0.0290. The number of carboxylic acid groups (broad SMARTS) is 6. The van der Waals surface area contributed by atoms with Crippen LogP contribution in [0.3, 0.4) is 0 Å². The van der Waals surface area contributed by atoms with E-state index in [1.54, 1.807) is 0 Å². The Labute approximate surface area is 824 Å². The SMILES string of the molecule is CCCCCCCCCCCC(=O)[O-].CCCCCCCCCCCCCC(=O)[O-].CCCCCCCCCCCCCCCC(=O)O.CCCCCCCCCCCCCCCCCC(=O)O.CCCCCCCCCCCCCCCCCC(=O)[O-].CCCCCC[C@@H](O)C/C=C\CCCCCCCC(=O)[O-].[Na+].[Na+].[Na+].[Na+].[Na+].[OH-]. The van der Waals surface area contributed by atoms with Gasteiger partial charge in [-0.3, -0.25) is 9.59 Å². The average molecular weight is 1680 g/mol. The van der Waals surface area contributed by atoms with E-state index >= 15 is 0 Å². The third-order valence-electron chi connectivity index (χ3n) is 20.7. The molecule has 0 radical (unpaired) electrons. The van der Waals surface area contributed by atoms with Crippen molar-refractivity contribution in [2.24, 2.45) is 0 Å². The number of allylic oxidation sites excluding steroid dienone is 1. The first-order chi connectivity index (χ1) is 53.0. The standard InChI is InChI=1S/C18H34O3.2C18H36O2.C16H32O2.C14H28O2.C12H24O2.5Na.H2O/c1-2-3-4-11-14-17(19)15-12-9-7-5-6-8-10-13-16-18(20)21;2*1-2-3-4-5-6-7-8-9-10-11-12-13-14-15-16-17-18(19)20;1-2-3-4-5-6-7-8-9-10-11-12-13-14-15-16(17)18;1-2-3-4-5-6-7-8-9-10-11-12-13-14(15)16;1-2-3-4-5-6-7-8-9-10-11-12(13)14;;;;;;/h9,12,17,19H,2-8,10-11,13-16H2,1H3,(H,20,21);2*2-17H2,1H3,(H,19,20);2-15H2,1H3,(H,17,18);2-13H2,1H3,(H,15,16);2-11H2,1H3,(H,13,14);;;;;;1H2/q;;;;;;5*+1;/p-5/b12-9-;;;;;;;;;;;/t17-;;;;;;;;;;;/m1.........../s1. The van der Waals surface area contributed by atoms with E-state index in [0.29, 0.717) is 12.8 Å². The summed E-state index contributed by atoms with van der Waals surface area (Å²) in [4.78, 5) is 61.3. The molecule has 0 heterocycles. The van der Waals surface area contributed by atoms with Crippen LogP contribution in [-0.4, -0.2) is 62.7 Å². The minimum Gasteiger partial charge on any atom is -0.870 e. The molecule has 1 atom stereocenters. The number of aliphatic hydroxyl groups is 1. The van der Waals surface area contributed by atoms with Gasteiger partial charge in [0.05, 0.1) is 6.10 Å². The summed E-state index contributed by atoms with van der Waals surface area (Å²) in [6.45, 7) is 13.5. The van der Waals surface area contributed by atoms with Gasteiger partial charge < -0.3 is 60.4 Å². The van der Waals surface area contributed by atoms with Crippen molar-refractivity contribution in [1.29, 1.82) is 0 Å². The topological polar surface area (TPSA) is 285 Å². The zero-order valence-electron chi connectivity index (χ0n) is 78.9. The molecule has 0 aromatic carbocycles. The molecule has 0 spiro atoms. The van der Waals surface area contributed by atoms with Crippen molar-refractivity contribution < 1.29 is 218 Å². The summed E-state index contributed by atoms with van der Waals surface area (Å²) in [5, 5.41) is 67.5. The van der Waals surface area contributed by atoms with Gasteiger partial charge in [0.1, 0.15) is 0 Å². The Balaban J connectivity index is -0.000000110. The van der Waals surface area contributed by atoms with Crippen molar-refractivity contribution in [3.8, 4) is 0 Å². The Kier molecular flexibility index (Phi) is 168. The molecule has 0 aliphatic heterocycles. The molecule has 0 rings (SSSR count). The molecule has 0 bridgehead atoms. The zero-order chi connectivity index (χ0) is 81.7. The molecule has 0 saturated carbocycles. The fraction of sp³-hybridized carbons (Fsp3) is 0.917. The van der Waals surface area contributed by atoms with Gasteiger partial charge >= 0.3 is 160 Å². The molecule has 19 heteroatoms. The summed E-state index contributed by atoms with van der Waals surface area (Å²) >= 11 is 0. The summed E-state index contributed by atoms with van der Waals surface area (Å²) in [6.07, 6.45) is 99.5. The Morgan fingerprint density at radius 2 is 0.357 bits per heavy atom. The number of hydrogen-bond acceptors (Lipinski definition) is 12. The number of carboxylic acids is 6. The molecule has 0 aromatic rings. The summed E-state index contributed by atoms with van der Waals surface area (Å²) in [6, 6.07) is 0. The van der Waals surface area contributed by atoms with Crippen LogP contribution in [0.1, 0.15) is 562 Å². The van der Waals surface area contributed by atoms with Gasteiger partial charge in [-0.25, -0.2) is 0 Å². The normalized spacial score (nSPS) is 10.5. The second-order valence-corrected chi connectivity index (χ2v) is 32.0. The van der Waals surface area contributed by atoms with Crippen molar-refractivity contribution in [3.63, 3.8) is 0 Å². The Morgan fingerprint density at radius 1 is 0.217 bits per heavy atom. The van der Waals surface area contributed by atoms with Gasteiger partial charge in [0.2, 0.25) is 0 Å². The maximum Gasteiger partial charge on any atom is 1.00 e. The Morgan fingerprint density at radius 3 is 0.513 bits per heavy atom. The summed E-state index contributed by atoms with van der Waals surface area (Å²) in [7, 11) is 0. The van der Waals surface area contributed by atoms with Gasteiger partial charge in [0, 0.05) is 36.7 Å². The molecule has 0 aliphatic rings. The van der Waals surface area contributed by atoms with Crippen LogP contribution in [0.4, 0.5) is 0 Å². The van der Waals surface area contributed by atoms with E-state index in [2.05, 4.69) is 53.7 Å². The van der Waals surface area contributed by atoms with Gasteiger partial charge in [-0.1, -0.05) is 471 Å². The number of carbonyl (C=O) groups excluding carboxylic acids is 4. The number of aliphatic hydroxyl groups excluding tert-OH is 1. The Bertz CT molecular complexity index is 1760. The second kappa shape index (κ2) is 136. The number of aliphatic carboxylic acids is 6. The predicted octanol–water partition coefficient (Wildman–Crippen LogP) is 11.6. The fourth-order valence-corrected chi connectivity index (χ4v) is 13.5. The monoisotopic (exact) mass is 1680 g/mol. The zero-order valence-corrected chi connectivity index (χ0v) is 88.9. The molecular weight excluding hydrogens is 1490 g/mol. The van der Waals surface area contributed by atoms with Crippen LogP contribution in [0.25, 0.3) is 0 Å². The van der Waals surface area contributed by atoms with E-state index in [1.165, 1.54) is 360 Å². The van der Waals surface area contributed by atoms with E-state index in [9.17, 15) is 54.3 Å². The van der Waals surface area contributed by atoms with Crippen LogP contribution < -0.4 is 168 Å². The minimum atomic E-state index is -0.939. The summed E-state index contributed by atoms with van der Waals surface area (Å²) in [5.41, 5.74) is 0. The molecule has 4 N–H and O–H groups in total. The average Bonchev–Trinajstić information content (AvgIpc) is 1.08. The smallest absolute Gasteiger partial charge is 0.870 e. The molecule has 0 saturated heterocycles. The first-order valence-corrected chi connectivity index (χ1v) is 47.6. The van der Waals surface area contributed by atoms with Gasteiger partial charge in [0.25, 0.3) is 0 Å². The molecule has 0 unspecified atom stereocenters. The first-order valence-electron chi connectivity index (χ1n) is 47.6. The van der Waals surface area contributed by atoms with Crippen LogP contribution in [0, 0.1) is 0 Å². The van der Waals surface area contributed by atoms with E-state index < -0.39 is 35.8 Å². The molecule has 0 amide bonds. The van der Waals surface area contributed by atoms with Gasteiger partial charge in [-0.2, -0.15) is 0 Å². The third-order valence-corrected chi connectivity index (χ3v) is 20.7. The molecule has 115 heavy (non-hydrogen) atoms. The second-order valence-electron chi connectivity index (χ2n) is 32.0. The molecule has 0 fully saturated rings.